The van der Waals surface area contributed by atoms with Crippen molar-refractivity contribution in [1.29, 1.82) is 0 Å². The molecule has 7 heteroatoms. The van der Waals surface area contributed by atoms with Crippen LogP contribution in [0, 0.1) is 5.92 Å². The molecule has 4 amide bonds. The van der Waals surface area contributed by atoms with Gasteiger partial charge in [0, 0.05) is 11.4 Å². The van der Waals surface area contributed by atoms with Crippen molar-refractivity contribution in [2.75, 3.05) is 23.8 Å². The Balaban J connectivity index is 1.35. The lowest BCUT2D eigenvalue weighted by atomic mass is 9.97. The number of urea groups is 2. The van der Waals surface area contributed by atoms with Crippen LogP contribution in [0.1, 0.15) is 37.8 Å². The first-order valence-electron chi connectivity index (χ1n) is 12.3. The molecule has 7 nitrogen and oxygen atoms in total. The zero-order valence-corrected chi connectivity index (χ0v) is 20.9. The van der Waals surface area contributed by atoms with Gasteiger partial charge in [-0.2, -0.15) is 0 Å². The summed E-state index contributed by atoms with van der Waals surface area (Å²) in [5.41, 5.74) is 3.89. The summed E-state index contributed by atoms with van der Waals surface area (Å²) in [5, 5.41) is 5.51. The minimum atomic E-state index is -0.548. The van der Waals surface area contributed by atoms with E-state index in [2.05, 4.69) is 36.6 Å². The second kappa shape index (κ2) is 11.7. The second-order valence-corrected chi connectivity index (χ2v) is 9.13. The van der Waals surface area contributed by atoms with Gasteiger partial charge in [0.25, 0.3) is 0 Å². The number of hydrogen-bond acceptors (Lipinski definition) is 4. The Hall–Kier alpha value is -3.84. The molecule has 0 saturated heterocycles. The molecule has 3 unspecified atom stereocenters. The van der Waals surface area contributed by atoms with Crippen LogP contribution in [0.25, 0.3) is 0 Å². The topological polar surface area (TPSA) is 79.9 Å². The molecule has 0 spiro atoms. The average Bonchev–Trinajstić information content (AvgIpc) is 3.15. The number of nitrogens with zero attached hydrogens (tertiary/aromatic N) is 1. The highest BCUT2D eigenvalue weighted by atomic mass is 16.7. The maximum atomic E-state index is 12.9. The van der Waals surface area contributed by atoms with Crippen molar-refractivity contribution in [3.8, 4) is 5.75 Å². The van der Waals surface area contributed by atoms with Crippen LogP contribution in [0.2, 0.25) is 0 Å². The zero-order chi connectivity index (χ0) is 25.5. The number of ether oxygens (including phenoxy) is 2. The highest BCUT2D eigenvalue weighted by Gasteiger charge is 2.26. The lowest BCUT2D eigenvalue weighted by Gasteiger charge is -2.23. The summed E-state index contributed by atoms with van der Waals surface area (Å²) < 4.78 is 11.8. The number of nitrogens with one attached hydrogen (secondary N) is 2. The van der Waals surface area contributed by atoms with Gasteiger partial charge in [-0.3, -0.25) is 0 Å². The molecule has 3 aromatic carbocycles. The van der Waals surface area contributed by atoms with Crippen molar-refractivity contribution >= 4 is 23.4 Å². The van der Waals surface area contributed by atoms with Gasteiger partial charge in [-0.25, -0.2) is 14.5 Å². The number of fused-ring (bicyclic) bond motifs is 1. The number of imide groups is 1. The molecule has 0 aliphatic heterocycles. The first-order valence-corrected chi connectivity index (χ1v) is 12.3. The third kappa shape index (κ3) is 6.43. The Bertz CT molecular complexity index is 1120. The molecule has 1 aliphatic rings. The molecule has 4 rings (SSSR count). The number of anilines is 2. The predicted molar refractivity (Wildman–Crippen MR) is 141 cm³/mol. The van der Waals surface area contributed by atoms with Crippen molar-refractivity contribution < 1.29 is 19.1 Å². The summed E-state index contributed by atoms with van der Waals surface area (Å²) in [6, 6.07) is 23.1. The van der Waals surface area contributed by atoms with E-state index in [0.29, 0.717) is 23.2 Å². The highest BCUT2D eigenvalue weighted by Crippen LogP contribution is 2.38. The van der Waals surface area contributed by atoms with Gasteiger partial charge in [-0.15, -0.1) is 0 Å². The van der Waals surface area contributed by atoms with Crippen LogP contribution >= 0.6 is 0 Å². The summed E-state index contributed by atoms with van der Waals surface area (Å²) in [6.07, 6.45) is 0.501. The van der Waals surface area contributed by atoms with Crippen LogP contribution < -0.4 is 15.4 Å². The van der Waals surface area contributed by atoms with Gasteiger partial charge >= 0.3 is 12.1 Å². The molecule has 0 bridgehead atoms. The standard InChI is InChI=1S/C29H33N3O4/c1-20-18-23-19-26(14-15-27(23)21(20)2)36-22(3)35-17-16-32(28(33)30-24-10-6-4-7-11-24)29(34)31-25-12-8-5-9-13-25/h4-15,19-22H,16-18H2,1-3H3,(H,30,33)(H,31,34). The van der Waals surface area contributed by atoms with Crippen LogP contribution in [0.3, 0.4) is 0 Å². The SMILES string of the molecule is CC(OCCN(C(=O)Nc1ccccc1)C(=O)Nc1ccccc1)Oc1ccc2c(c1)CC(C)C2C. The average molecular weight is 488 g/mol. The van der Waals surface area contributed by atoms with E-state index in [1.54, 1.807) is 31.2 Å². The minimum Gasteiger partial charge on any atom is -0.465 e. The van der Waals surface area contributed by atoms with Crippen LogP contribution in [-0.2, 0) is 11.2 Å². The zero-order valence-electron chi connectivity index (χ0n) is 20.9. The van der Waals surface area contributed by atoms with Crippen LogP contribution in [0.5, 0.6) is 5.75 Å². The van der Waals surface area contributed by atoms with E-state index < -0.39 is 18.4 Å². The van der Waals surface area contributed by atoms with Gasteiger partial charge < -0.3 is 20.1 Å². The lowest BCUT2D eigenvalue weighted by molar-refractivity contribution is -0.0680. The van der Waals surface area contributed by atoms with Gasteiger partial charge in [0.1, 0.15) is 5.75 Å². The first kappa shape index (κ1) is 25.3. The third-order valence-corrected chi connectivity index (χ3v) is 6.51. The van der Waals surface area contributed by atoms with Crippen molar-refractivity contribution in [3.05, 3.63) is 90.0 Å². The number of hydrogen-bond donors (Lipinski definition) is 2. The van der Waals surface area contributed by atoms with Gasteiger partial charge in [0.05, 0.1) is 13.2 Å². The molecule has 0 heterocycles. The molecule has 0 saturated carbocycles. The molecule has 3 aromatic rings. The monoisotopic (exact) mass is 487 g/mol. The Labute approximate surface area is 212 Å². The fourth-order valence-electron chi connectivity index (χ4n) is 4.36. The molecule has 3 atom stereocenters. The van der Waals surface area contributed by atoms with Crippen LogP contribution in [0.4, 0.5) is 21.0 Å². The van der Waals surface area contributed by atoms with Crippen LogP contribution in [0.15, 0.2) is 78.9 Å². The smallest absolute Gasteiger partial charge is 0.330 e. The van der Waals surface area contributed by atoms with E-state index in [0.717, 1.165) is 17.1 Å². The van der Waals surface area contributed by atoms with Gasteiger partial charge in [-0.1, -0.05) is 56.3 Å². The Morgan fingerprint density at radius 2 is 1.50 bits per heavy atom. The maximum absolute atomic E-state index is 12.9. The van der Waals surface area contributed by atoms with E-state index in [1.807, 2.05) is 42.5 Å². The molecule has 2 N–H and O–H groups in total. The van der Waals surface area contributed by atoms with E-state index in [4.69, 9.17) is 9.47 Å². The molecule has 188 valence electrons. The van der Waals surface area contributed by atoms with E-state index >= 15 is 0 Å². The van der Waals surface area contributed by atoms with Crippen molar-refractivity contribution in [2.45, 2.75) is 39.4 Å². The maximum Gasteiger partial charge on any atom is 0.330 e. The molecule has 0 fully saturated rings. The summed E-state index contributed by atoms with van der Waals surface area (Å²) in [5.74, 6) is 1.93. The quantitative estimate of drug-likeness (QED) is 0.356. The summed E-state index contributed by atoms with van der Waals surface area (Å²) in [7, 11) is 0. The number of benzene rings is 3. The molecular weight excluding hydrogens is 454 g/mol. The minimum absolute atomic E-state index is 0.0459. The Morgan fingerprint density at radius 1 is 0.917 bits per heavy atom. The molecule has 0 aromatic heterocycles. The van der Waals surface area contributed by atoms with Crippen molar-refractivity contribution in [2.24, 2.45) is 5.92 Å². The second-order valence-electron chi connectivity index (χ2n) is 9.13. The third-order valence-electron chi connectivity index (χ3n) is 6.51. The van der Waals surface area contributed by atoms with Gasteiger partial charge in [0.2, 0.25) is 0 Å². The Kier molecular flexibility index (Phi) is 8.23. The fourth-order valence-corrected chi connectivity index (χ4v) is 4.36. The molecular formula is C29H33N3O4. The van der Waals surface area contributed by atoms with Gasteiger partial charge in [-0.05, 0) is 72.7 Å². The predicted octanol–water partition coefficient (Wildman–Crippen LogP) is 6.49. The van der Waals surface area contributed by atoms with E-state index in [-0.39, 0.29) is 13.2 Å². The molecule has 1 aliphatic carbocycles. The first-order chi connectivity index (χ1) is 17.4. The summed E-state index contributed by atoms with van der Waals surface area (Å²) in [6.45, 7) is 6.49. The highest BCUT2D eigenvalue weighted by molar-refractivity contribution is 6.05. The molecule has 36 heavy (non-hydrogen) atoms. The normalized spacial score (nSPS) is 17.1. The lowest BCUT2D eigenvalue weighted by Crippen LogP contribution is -2.44. The number of para-hydroxylation sites is 2. The summed E-state index contributed by atoms with van der Waals surface area (Å²) >= 11 is 0. The summed E-state index contributed by atoms with van der Waals surface area (Å²) in [4.78, 5) is 27.0. The Morgan fingerprint density at radius 3 is 2.08 bits per heavy atom. The fraction of sp³-hybridized carbons (Fsp3) is 0.310. The van der Waals surface area contributed by atoms with E-state index in [1.165, 1.54) is 11.1 Å². The number of carbonyl (C=O) groups is 2. The number of carbonyl (C=O) groups excluding carboxylic acids is 2. The molecule has 0 radical (unpaired) electrons. The largest absolute Gasteiger partial charge is 0.465 e. The van der Waals surface area contributed by atoms with Crippen molar-refractivity contribution in [3.63, 3.8) is 0 Å². The number of rotatable bonds is 8. The number of amides is 4. The van der Waals surface area contributed by atoms with Crippen LogP contribution in [-0.4, -0.2) is 36.4 Å². The van der Waals surface area contributed by atoms with Crippen molar-refractivity contribution in [1.82, 2.24) is 4.90 Å². The van der Waals surface area contributed by atoms with Gasteiger partial charge in [0.15, 0.2) is 6.29 Å². The van der Waals surface area contributed by atoms with E-state index in [9.17, 15) is 9.59 Å².